The molecular weight excluding hydrogens is 576 g/mol. The molecule has 4 aliphatic heterocycles. The number of nitrogens with one attached hydrogen (secondary N) is 1. The summed E-state index contributed by atoms with van der Waals surface area (Å²) in [5.41, 5.74) is 0.184. The van der Waals surface area contributed by atoms with Gasteiger partial charge in [0.15, 0.2) is 5.65 Å². The third kappa shape index (κ3) is 4.94. The molecule has 0 atom stereocenters. The van der Waals surface area contributed by atoms with E-state index in [1.165, 1.54) is 0 Å². The highest BCUT2D eigenvalue weighted by Crippen LogP contribution is 2.42. The fourth-order valence-electron chi connectivity index (χ4n) is 7.16. The number of para-hydroxylation sites is 1. The Labute approximate surface area is 261 Å². The van der Waals surface area contributed by atoms with E-state index in [1.54, 1.807) is 33.2 Å². The van der Waals surface area contributed by atoms with E-state index >= 15 is 0 Å². The van der Waals surface area contributed by atoms with Gasteiger partial charge < -0.3 is 29.2 Å². The minimum Gasteiger partial charge on any atom is -0.444 e. The summed E-state index contributed by atoms with van der Waals surface area (Å²) in [4.78, 5) is 67.1. The van der Waals surface area contributed by atoms with E-state index in [0.29, 0.717) is 56.8 Å². The third-order valence-electron chi connectivity index (χ3n) is 9.62. The molecule has 0 bridgehead atoms. The standard InChI is InChI=1S/C32H38N8O5/c1-30(2,3)45-29(44)38-19-31(20-38)9-14-39(31)25(41)18-37-21-40(24-7-5-4-6-8-24)32(28(37)43)10-12-36(13-11-32)27(42)23-15-22-17-34-35-26(22)33-16-23/h4-8,15-17H,9-14,18-21H2,1-3H3,(H,33,34,35). The van der Waals surface area contributed by atoms with Crippen molar-refractivity contribution < 1.29 is 23.9 Å². The molecule has 0 aliphatic carbocycles. The van der Waals surface area contributed by atoms with Crippen LogP contribution in [0.25, 0.3) is 11.0 Å². The number of benzene rings is 1. The SMILES string of the molecule is CC(C)(C)OC(=O)N1CC2(CCN2C(=O)CN2CN(c3ccccc3)C3(CCN(C(=O)c4cnc5[nH]ncc5c4)CC3)C2=O)C1. The van der Waals surface area contributed by atoms with Gasteiger partial charge in [0.2, 0.25) is 5.91 Å². The molecular formula is C32H38N8O5. The van der Waals surface area contributed by atoms with Crippen LogP contribution in [0, 0.1) is 0 Å². The van der Waals surface area contributed by atoms with Gasteiger partial charge in [-0.2, -0.15) is 5.10 Å². The molecule has 1 aromatic carbocycles. The first-order valence-electron chi connectivity index (χ1n) is 15.5. The molecule has 0 saturated carbocycles. The molecule has 4 aliphatic rings. The number of nitrogens with zero attached hydrogens (tertiary/aromatic N) is 7. The van der Waals surface area contributed by atoms with Crippen LogP contribution in [0.4, 0.5) is 10.5 Å². The summed E-state index contributed by atoms with van der Waals surface area (Å²) < 4.78 is 5.49. The minimum absolute atomic E-state index is 0.0306. The van der Waals surface area contributed by atoms with E-state index in [2.05, 4.69) is 20.1 Å². The number of carbonyl (C=O) groups excluding carboxylic acids is 4. The molecule has 4 fully saturated rings. The predicted octanol–water partition coefficient (Wildman–Crippen LogP) is 2.46. The predicted molar refractivity (Wildman–Crippen MR) is 164 cm³/mol. The Morgan fingerprint density at radius 3 is 2.38 bits per heavy atom. The molecule has 4 saturated heterocycles. The van der Waals surface area contributed by atoms with Gasteiger partial charge in [0.25, 0.3) is 11.8 Å². The van der Waals surface area contributed by atoms with Crippen LogP contribution in [0.2, 0.25) is 0 Å². The number of carbonyl (C=O) groups is 4. The van der Waals surface area contributed by atoms with Crippen LogP contribution in [-0.4, -0.2) is 121 Å². The lowest BCUT2D eigenvalue weighted by atomic mass is 9.77. The molecule has 4 amide bonds. The molecule has 2 aromatic heterocycles. The number of hydrogen-bond donors (Lipinski definition) is 1. The third-order valence-corrected chi connectivity index (χ3v) is 9.62. The first-order chi connectivity index (χ1) is 21.5. The maximum absolute atomic E-state index is 14.2. The maximum atomic E-state index is 14.2. The van der Waals surface area contributed by atoms with Crippen molar-refractivity contribution in [2.45, 2.75) is 56.7 Å². The highest BCUT2D eigenvalue weighted by molar-refractivity contribution is 5.99. The van der Waals surface area contributed by atoms with Crippen LogP contribution in [0.5, 0.6) is 0 Å². The molecule has 7 rings (SSSR count). The number of piperidine rings is 1. The number of H-pyrrole nitrogens is 1. The summed E-state index contributed by atoms with van der Waals surface area (Å²) >= 11 is 0. The van der Waals surface area contributed by atoms with E-state index in [4.69, 9.17) is 4.74 Å². The molecule has 2 spiro atoms. The number of ether oxygens (including phenoxy) is 1. The number of anilines is 1. The van der Waals surface area contributed by atoms with Crippen molar-refractivity contribution >= 4 is 40.5 Å². The monoisotopic (exact) mass is 614 g/mol. The fraction of sp³-hybridized carbons (Fsp3) is 0.500. The van der Waals surface area contributed by atoms with Crippen LogP contribution in [0.15, 0.2) is 48.8 Å². The lowest BCUT2D eigenvalue weighted by Crippen LogP contribution is -2.79. The Kier molecular flexibility index (Phi) is 6.75. The van der Waals surface area contributed by atoms with Crippen LogP contribution in [0.3, 0.4) is 0 Å². The zero-order chi connectivity index (χ0) is 31.6. The van der Waals surface area contributed by atoms with Crippen molar-refractivity contribution in [3.63, 3.8) is 0 Å². The van der Waals surface area contributed by atoms with Gasteiger partial charge in [0.05, 0.1) is 24.0 Å². The Balaban J connectivity index is 1.04. The number of aromatic amines is 1. The van der Waals surface area contributed by atoms with Crippen molar-refractivity contribution in [2.75, 3.05) is 50.8 Å². The smallest absolute Gasteiger partial charge is 0.410 e. The second kappa shape index (κ2) is 10.5. The summed E-state index contributed by atoms with van der Waals surface area (Å²) in [6.45, 7) is 8.03. The first-order valence-corrected chi connectivity index (χ1v) is 15.5. The molecule has 0 unspecified atom stereocenters. The lowest BCUT2D eigenvalue weighted by Gasteiger charge is -2.62. The van der Waals surface area contributed by atoms with Gasteiger partial charge in [0.1, 0.15) is 17.7 Å². The van der Waals surface area contributed by atoms with Gasteiger partial charge in [-0.3, -0.25) is 19.5 Å². The van der Waals surface area contributed by atoms with Crippen LogP contribution < -0.4 is 4.90 Å². The normalized spacial score (nSPS) is 20.5. The summed E-state index contributed by atoms with van der Waals surface area (Å²) in [5.74, 6) is -0.335. The van der Waals surface area contributed by atoms with E-state index in [1.807, 2.05) is 56.0 Å². The molecule has 6 heterocycles. The summed E-state index contributed by atoms with van der Waals surface area (Å²) in [5, 5.41) is 7.55. The molecule has 13 heteroatoms. The molecule has 0 radical (unpaired) electrons. The Bertz CT molecular complexity index is 1650. The van der Waals surface area contributed by atoms with E-state index < -0.39 is 11.1 Å². The highest BCUT2D eigenvalue weighted by atomic mass is 16.6. The van der Waals surface area contributed by atoms with Gasteiger partial charge in [-0.1, -0.05) is 18.2 Å². The Morgan fingerprint density at radius 2 is 1.71 bits per heavy atom. The van der Waals surface area contributed by atoms with Crippen LogP contribution in [-0.2, 0) is 14.3 Å². The summed E-state index contributed by atoms with van der Waals surface area (Å²) in [6.07, 6.45) is 4.52. The quantitative estimate of drug-likeness (QED) is 0.474. The average molecular weight is 615 g/mol. The Morgan fingerprint density at radius 1 is 0.978 bits per heavy atom. The fourth-order valence-corrected chi connectivity index (χ4v) is 7.16. The highest BCUT2D eigenvalue weighted by Gasteiger charge is 2.59. The zero-order valence-electron chi connectivity index (χ0n) is 25.9. The van der Waals surface area contributed by atoms with Crippen molar-refractivity contribution in [2.24, 2.45) is 0 Å². The number of likely N-dealkylation sites (tertiary alicyclic amines) is 3. The van der Waals surface area contributed by atoms with E-state index in [0.717, 1.165) is 17.5 Å². The largest absolute Gasteiger partial charge is 0.444 e. The number of fused-ring (bicyclic) bond motifs is 1. The van der Waals surface area contributed by atoms with Crippen molar-refractivity contribution in [3.05, 3.63) is 54.4 Å². The van der Waals surface area contributed by atoms with Gasteiger partial charge in [-0.05, 0) is 58.2 Å². The molecule has 1 N–H and O–H groups in total. The number of pyridine rings is 1. The van der Waals surface area contributed by atoms with Crippen LogP contribution >= 0.6 is 0 Å². The van der Waals surface area contributed by atoms with Crippen LogP contribution in [0.1, 0.15) is 50.4 Å². The van der Waals surface area contributed by atoms with Crippen molar-refractivity contribution in [1.82, 2.24) is 34.8 Å². The lowest BCUT2D eigenvalue weighted by molar-refractivity contribution is -0.166. The molecule has 236 valence electrons. The second-order valence-corrected chi connectivity index (χ2v) is 13.6. The zero-order valence-corrected chi connectivity index (χ0v) is 25.9. The van der Waals surface area contributed by atoms with Gasteiger partial charge in [-0.25, -0.2) is 9.78 Å². The van der Waals surface area contributed by atoms with E-state index in [-0.39, 0.29) is 42.6 Å². The second-order valence-electron chi connectivity index (χ2n) is 13.6. The van der Waals surface area contributed by atoms with Crippen molar-refractivity contribution in [3.8, 4) is 0 Å². The minimum atomic E-state index is -0.859. The Hall–Kier alpha value is -4.68. The van der Waals surface area contributed by atoms with Gasteiger partial charge in [0, 0.05) is 50.0 Å². The summed E-state index contributed by atoms with van der Waals surface area (Å²) in [7, 11) is 0. The topological polar surface area (TPSA) is 135 Å². The first kappa shape index (κ1) is 29.1. The average Bonchev–Trinajstić information content (AvgIpc) is 3.54. The van der Waals surface area contributed by atoms with Gasteiger partial charge >= 0.3 is 6.09 Å². The number of rotatable bonds is 4. The number of aromatic nitrogens is 3. The number of hydrogen-bond acceptors (Lipinski definition) is 8. The van der Waals surface area contributed by atoms with E-state index in [9.17, 15) is 19.2 Å². The summed E-state index contributed by atoms with van der Waals surface area (Å²) in [6, 6.07) is 11.6. The molecule has 45 heavy (non-hydrogen) atoms. The molecule has 3 aromatic rings. The molecule has 13 nitrogen and oxygen atoms in total. The van der Waals surface area contributed by atoms with Crippen molar-refractivity contribution in [1.29, 1.82) is 0 Å². The maximum Gasteiger partial charge on any atom is 0.410 e. The van der Waals surface area contributed by atoms with Gasteiger partial charge in [-0.15, -0.1) is 0 Å². The number of amides is 4.